The molecular weight excluding hydrogens is 314 g/mol. The van der Waals surface area contributed by atoms with Crippen molar-refractivity contribution >= 4 is 34.9 Å². The Kier molecular flexibility index (Phi) is 4.39. The molecule has 0 spiro atoms. The number of amidine groups is 1. The highest BCUT2D eigenvalue weighted by Gasteiger charge is 2.28. The van der Waals surface area contributed by atoms with E-state index in [1.807, 2.05) is 36.4 Å². The van der Waals surface area contributed by atoms with Crippen molar-refractivity contribution in [3.8, 4) is 0 Å². The monoisotopic (exact) mass is 327 g/mol. The van der Waals surface area contributed by atoms with Crippen LogP contribution in [0.5, 0.6) is 0 Å². The smallest absolute Gasteiger partial charge is 0.255 e. The average molecular weight is 328 g/mol. The summed E-state index contributed by atoms with van der Waals surface area (Å²) in [6, 6.07) is 18.1. The predicted molar refractivity (Wildman–Crippen MR) is 89.2 cm³/mol. The minimum atomic E-state index is -0.834. The number of hydrogen-bond acceptors (Lipinski definition) is 3. The Labute approximate surface area is 138 Å². The van der Waals surface area contributed by atoms with Gasteiger partial charge in [-0.15, -0.1) is 11.6 Å². The van der Waals surface area contributed by atoms with Gasteiger partial charge in [0.15, 0.2) is 0 Å². The largest absolute Gasteiger partial charge is 0.311 e. The van der Waals surface area contributed by atoms with Gasteiger partial charge in [-0.1, -0.05) is 48.5 Å². The number of carbonyl (C=O) groups is 2. The molecule has 1 aliphatic heterocycles. The second-order valence-electron chi connectivity index (χ2n) is 5.03. The minimum absolute atomic E-state index is 0.0407. The third kappa shape index (κ3) is 3.40. The summed E-state index contributed by atoms with van der Waals surface area (Å²) in [4.78, 5) is 24.2. The van der Waals surface area contributed by atoms with Crippen LogP contribution in [0.1, 0.15) is 17.4 Å². The van der Waals surface area contributed by atoms with Crippen LogP contribution in [-0.2, 0) is 9.59 Å². The van der Waals surface area contributed by atoms with Crippen LogP contribution in [-0.4, -0.2) is 17.6 Å². The number of nitrogens with one attached hydrogen (secondary N) is 1. The van der Waals surface area contributed by atoms with Crippen LogP contribution in [0.15, 0.2) is 65.8 Å². The molecule has 1 N–H and O–H groups in total. The van der Waals surface area contributed by atoms with Gasteiger partial charge in [0.2, 0.25) is 5.91 Å². The van der Waals surface area contributed by atoms with E-state index in [9.17, 15) is 9.59 Å². The summed E-state index contributed by atoms with van der Waals surface area (Å²) in [6.07, 6.45) is 0.0407. The zero-order valence-electron chi connectivity index (χ0n) is 12.1. The summed E-state index contributed by atoms with van der Waals surface area (Å²) < 4.78 is 0. The number of hydrogen-bond donors (Lipinski definition) is 1. The molecule has 0 saturated heterocycles. The minimum Gasteiger partial charge on any atom is -0.311 e. The number of halogens is 1. The molecule has 0 radical (unpaired) electrons. The van der Waals surface area contributed by atoms with Gasteiger partial charge in [-0.2, -0.15) is 10.1 Å². The van der Waals surface area contributed by atoms with E-state index in [0.717, 1.165) is 0 Å². The lowest BCUT2D eigenvalue weighted by Gasteiger charge is -2.11. The van der Waals surface area contributed by atoms with E-state index in [4.69, 9.17) is 11.6 Å². The molecule has 0 aliphatic carbocycles. The van der Waals surface area contributed by atoms with Gasteiger partial charge in [0, 0.05) is 0 Å². The number of hydrazone groups is 1. The lowest BCUT2D eigenvalue weighted by atomic mass is 10.1. The number of carbonyl (C=O) groups excluding carboxylic acids is 2. The van der Waals surface area contributed by atoms with E-state index in [1.165, 1.54) is 5.01 Å². The van der Waals surface area contributed by atoms with E-state index in [0.29, 0.717) is 17.1 Å². The molecule has 3 rings (SSSR count). The van der Waals surface area contributed by atoms with Gasteiger partial charge in [-0.3, -0.25) is 9.59 Å². The zero-order chi connectivity index (χ0) is 16.2. The molecule has 2 aromatic carbocycles. The average Bonchev–Trinajstić information content (AvgIpc) is 2.96. The highest BCUT2D eigenvalue weighted by atomic mass is 35.5. The van der Waals surface area contributed by atoms with E-state index in [2.05, 4.69) is 10.4 Å². The van der Waals surface area contributed by atoms with Gasteiger partial charge in [-0.25, -0.2) is 0 Å². The molecule has 0 aromatic heterocycles. The number of alkyl halides is 1. The van der Waals surface area contributed by atoms with Crippen molar-refractivity contribution in [2.24, 2.45) is 5.10 Å². The molecule has 1 heterocycles. The molecule has 1 unspecified atom stereocenters. The Bertz CT molecular complexity index is 747. The van der Waals surface area contributed by atoms with Crippen molar-refractivity contribution in [3.05, 3.63) is 66.2 Å². The second-order valence-corrected chi connectivity index (χ2v) is 5.46. The summed E-state index contributed by atoms with van der Waals surface area (Å²) in [5, 5.41) is 7.23. The molecule has 0 saturated carbocycles. The number of para-hydroxylation sites is 1. The predicted octanol–water partition coefficient (Wildman–Crippen LogP) is 2.83. The van der Waals surface area contributed by atoms with Crippen LogP contribution in [0, 0.1) is 0 Å². The van der Waals surface area contributed by atoms with Gasteiger partial charge < -0.3 is 5.32 Å². The Morgan fingerprint density at radius 2 is 1.70 bits per heavy atom. The summed E-state index contributed by atoms with van der Waals surface area (Å²) >= 11 is 6.16. The van der Waals surface area contributed by atoms with Gasteiger partial charge in [0.25, 0.3) is 5.91 Å². The summed E-state index contributed by atoms with van der Waals surface area (Å²) in [5.74, 6) is -0.304. The normalized spacial score (nSPS) is 15.3. The first-order valence-electron chi connectivity index (χ1n) is 7.10. The molecule has 6 heteroatoms. The number of anilines is 1. The molecule has 116 valence electrons. The summed E-state index contributed by atoms with van der Waals surface area (Å²) in [7, 11) is 0. The van der Waals surface area contributed by atoms with Crippen LogP contribution in [0.2, 0.25) is 0 Å². The van der Waals surface area contributed by atoms with Gasteiger partial charge >= 0.3 is 0 Å². The highest BCUT2D eigenvalue weighted by Crippen LogP contribution is 2.22. The van der Waals surface area contributed by atoms with E-state index < -0.39 is 11.3 Å². The SMILES string of the molecule is O=C(NC1=NN(c2ccccc2)C(=O)C1)C(Cl)c1ccccc1. The molecule has 1 aliphatic rings. The Morgan fingerprint density at radius 3 is 2.35 bits per heavy atom. The quantitative estimate of drug-likeness (QED) is 0.881. The van der Waals surface area contributed by atoms with Crippen LogP contribution in [0.3, 0.4) is 0 Å². The third-order valence-corrected chi connectivity index (χ3v) is 3.82. The van der Waals surface area contributed by atoms with Gasteiger partial charge in [0.05, 0.1) is 12.1 Å². The van der Waals surface area contributed by atoms with Crippen LogP contribution in [0.25, 0.3) is 0 Å². The maximum Gasteiger partial charge on any atom is 0.255 e. The third-order valence-electron chi connectivity index (χ3n) is 3.37. The molecule has 0 bridgehead atoms. The number of rotatable bonds is 3. The molecule has 2 aromatic rings. The summed E-state index contributed by atoms with van der Waals surface area (Å²) in [5.41, 5.74) is 1.35. The van der Waals surface area contributed by atoms with Crippen molar-refractivity contribution in [2.75, 3.05) is 5.01 Å². The molecular formula is C17H14ClN3O2. The Balaban J connectivity index is 1.71. The lowest BCUT2D eigenvalue weighted by molar-refractivity contribution is -0.119. The van der Waals surface area contributed by atoms with E-state index in [-0.39, 0.29) is 12.3 Å². The van der Waals surface area contributed by atoms with Crippen LogP contribution in [0.4, 0.5) is 5.69 Å². The van der Waals surface area contributed by atoms with Crippen molar-refractivity contribution in [3.63, 3.8) is 0 Å². The van der Waals surface area contributed by atoms with Crippen molar-refractivity contribution in [1.82, 2.24) is 5.32 Å². The molecule has 5 nitrogen and oxygen atoms in total. The fourth-order valence-corrected chi connectivity index (χ4v) is 2.45. The highest BCUT2D eigenvalue weighted by molar-refractivity contribution is 6.32. The molecule has 23 heavy (non-hydrogen) atoms. The van der Waals surface area contributed by atoms with Gasteiger partial charge in [-0.05, 0) is 17.7 Å². The molecule has 2 amide bonds. The van der Waals surface area contributed by atoms with Crippen LogP contribution < -0.4 is 10.3 Å². The first-order chi connectivity index (χ1) is 11.1. The van der Waals surface area contributed by atoms with E-state index >= 15 is 0 Å². The fourth-order valence-electron chi connectivity index (χ4n) is 2.25. The Hall–Kier alpha value is -2.66. The maximum atomic E-state index is 12.2. The zero-order valence-corrected chi connectivity index (χ0v) is 12.9. The molecule has 1 atom stereocenters. The first kappa shape index (κ1) is 15.2. The second kappa shape index (κ2) is 6.62. The number of amides is 2. The molecule has 0 fully saturated rings. The first-order valence-corrected chi connectivity index (χ1v) is 7.54. The van der Waals surface area contributed by atoms with Gasteiger partial charge in [0.1, 0.15) is 11.2 Å². The number of benzene rings is 2. The fraction of sp³-hybridized carbons (Fsp3) is 0.118. The van der Waals surface area contributed by atoms with Crippen molar-refractivity contribution < 1.29 is 9.59 Å². The van der Waals surface area contributed by atoms with Crippen LogP contribution >= 0.6 is 11.6 Å². The van der Waals surface area contributed by atoms with Crippen molar-refractivity contribution in [1.29, 1.82) is 0 Å². The number of nitrogens with zero attached hydrogens (tertiary/aromatic N) is 2. The summed E-state index contributed by atoms with van der Waals surface area (Å²) in [6.45, 7) is 0. The maximum absolute atomic E-state index is 12.2. The topological polar surface area (TPSA) is 61.8 Å². The van der Waals surface area contributed by atoms with Crippen molar-refractivity contribution in [2.45, 2.75) is 11.8 Å². The Morgan fingerprint density at radius 1 is 1.09 bits per heavy atom. The lowest BCUT2D eigenvalue weighted by Crippen LogP contribution is -2.32. The van der Waals surface area contributed by atoms with E-state index in [1.54, 1.807) is 24.3 Å². The standard InChI is InChI=1S/C17H14ClN3O2/c18-16(12-7-3-1-4-8-12)17(23)19-14-11-15(22)21(20-14)13-9-5-2-6-10-13/h1-10,16H,11H2,(H,19,20,23).